The molecule has 69 heavy (non-hydrogen) atoms. The molecule has 0 atom stereocenters. The van der Waals surface area contributed by atoms with Crippen molar-refractivity contribution in [2.24, 2.45) is 0 Å². The molecular formula is C50H63F3N2O12S2. The number of sulfone groups is 2. The number of pyridine rings is 2. The van der Waals surface area contributed by atoms with Crippen LogP contribution in [0.3, 0.4) is 0 Å². The highest BCUT2D eigenvalue weighted by atomic mass is 32.2. The Bertz CT molecular complexity index is 2520. The van der Waals surface area contributed by atoms with Crippen LogP contribution in [0.1, 0.15) is 110 Å². The number of carbonyl (C=O) groups is 3. The van der Waals surface area contributed by atoms with Gasteiger partial charge in [0.2, 0.25) is 0 Å². The molecule has 4 aromatic rings. The molecule has 0 bridgehead atoms. The van der Waals surface area contributed by atoms with Gasteiger partial charge in [-0.1, -0.05) is 88.1 Å². The summed E-state index contributed by atoms with van der Waals surface area (Å²) >= 11 is 0. The van der Waals surface area contributed by atoms with E-state index in [-0.39, 0.29) is 61.9 Å². The van der Waals surface area contributed by atoms with Crippen LogP contribution in [-0.2, 0) is 61.1 Å². The van der Waals surface area contributed by atoms with Crippen molar-refractivity contribution < 1.29 is 68.8 Å². The van der Waals surface area contributed by atoms with Gasteiger partial charge in [0.05, 0.1) is 21.2 Å². The first-order valence-electron chi connectivity index (χ1n) is 23.0. The molecule has 0 aliphatic carbocycles. The Labute approximate surface area is 402 Å². The van der Waals surface area contributed by atoms with Crippen molar-refractivity contribution in [3.05, 3.63) is 96.3 Å². The normalized spacial score (nSPS) is 15.9. The lowest BCUT2D eigenvalue weighted by atomic mass is 9.99. The summed E-state index contributed by atoms with van der Waals surface area (Å²) in [6, 6.07) is 22.6. The number of benzene rings is 2. The molecule has 2 N–H and O–H groups in total. The zero-order valence-corrected chi connectivity index (χ0v) is 41.4. The number of ether oxygens (including phenoxy) is 3. The Kier molecular flexibility index (Phi) is 20.0. The topological polar surface area (TPSA) is 213 Å². The second-order valence-corrected chi connectivity index (χ2v) is 22.4. The van der Waals surface area contributed by atoms with E-state index >= 15 is 0 Å². The number of aliphatic carboxylic acids is 2. The number of aryl methyl sites for hydroxylation is 2. The maximum absolute atomic E-state index is 13.7. The third kappa shape index (κ3) is 14.6. The Morgan fingerprint density at radius 1 is 0.609 bits per heavy atom. The first kappa shape index (κ1) is 56.3. The smallest absolute Gasteiger partial charge is 0.480 e. The Morgan fingerprint density at radius 2 is 0.971 bits per heavy atom. The number of hydrogen-bond acceptors (Lipinski definition) is 12. The molecule has 0 radical (unpaired) electrons. The van der Waals surface area contributed by atoms with Gasteiger partial charge in [-0.25, -0.2) is 21.6 Å². The van der Waals surface area contributed by atoms with Crippen LogP contribution in [0, 0.1) is 0 Å². The molecular weight excluding hydrogens is 942 g/mol. The van der Waals surface area contributed by atoms with Crippen LogP contribution in [0.25, 0.3) is 22.5 Å². The number of aromatic nitrogens is 2. The van der Waals surface area contributed by atoms with Crippen LogP contribution in [0.2, 0.25) is 0 Å². The Morgan fingerprint density at radius 3 is 1.28 bits per heavy atom. The number of carboxylic acids is 2. The summed E-state index contributed by atoms with van der Waals surface area (Å²) in [4.78, 5) is 42.5. The van der Waals surface area contributed by atoms with Gasteiger partial charge in [-0.3, -0.25) is 19.6 Å². The van der Waals surface area contributed by atoms with Gasteiger partial charge in [-0.2, -0.15) is 13.2 Å². The summed E-state index contributed by atoms with van der Waals surface area (Å²) in [6.45, 7) is 10.2. The SMILES string of the molecule is CCCCCc1ccc(-c2ccc(S(=O)(=O)C3(C(=O)O)CCOCC3)cn2)cc1.CCCCCc1ccc(-c2ccc(S(=O)(=O)C3(C(=O)OC(C)(C)C)CCOCC3)cn2)cc1.O=C(O)C(F)(F)F. The summed E-state index contributed by atoms with van der Waals surface area (Å²) in [5, 5.41) is 16.8. The number of unbranched alkanes of at least 4 members (excludes halogenated alkanes) is 4. The molecule has 14 nitrogen and oxygen atoms in total. The van der Waals surface area contributed by atoms with Crippen molar-refractivity contribution in [1.29, 1.82) is 0 Å². The van der Waals surface area contributed by atoms with Crippen molar-refractivity contribution in [2.45, 2.75) is 143 Å². The number of carbonyl (C=O) groups excluding carboxylic acids is 1. The molecule has 2 aromatic heterocycles. The highest BCUT2D eigenvalue weighted by Crippen LogP contribution is 2.38. The maximum atomic E-state index is 13.7. The molecule has 2 aromatic carbocycles. The van der Waals surface area contributed by atoms with Gasteiger partial charge in [-0.05, 0) is 81.8 Å². The van der Waals surface area contributed by atoms with Gasteiger partial charge < -0.3 is 24.4 Å². The molecule has 0 spiro atoms. The predicted molar refractivity (Wildman–Crippen MR) is 253 cm³/mol. The van der Waals surface area contributed by atoms with Gasteiger partial charge in [0.25, 0.3) is 0 Å². The van der Waals surface area contributed by atoms with E-state index in [2.05, 4.69) is 48.1 Å². The lowest BCUT2D eigenvalue weighted by Gasteiger charge is -2.36. The summed E-state index contributed by atoms with van der Waals surface area (Å²) < 4.78 is 97.8. The van der Waals surface area contributed by atoms with E-state index in [4.69, 9.17) is 24.1 Å². The second-order valence-electron chi connectivity index (χ2n) is 17.9. The number of halogens is 3. The van der Waals surface area contributed by atoms with Crippen LogP contribution in [0.4, 0.5) is 13.2 Å². The van der Waals surface area contributed by atoms with E-state index in [0.29, 0.717) is 11.4 Å². The number of esters is 1. The third-order valence-corrected chi connectivity index (χ3v) is 16.7. The second kappa shape index (κ2) is 24.5. The molecule has 2 fully saturated rings. The van der Waals surface area contributed by atoms with E-state index in [1.807, 2.05) is 24.3 Å². The van der Waals surface area contributed by atoms with E-state index in [0.717, 1.165) is 30.4 Å². The fraction of sp³-hybridized carbons (Fsp3) is 0.500. The zero-order valence-electron chi connectivity index (χ0n) is 39.7. The van der Waals surface area contributed by atoms with Crippen molar-refractivity contribution in [2.75, 3.05) is 26.4 Å². The van der Waals surface area contributed by atoms with Gasteiger partial charge >= 0.3 is 24.1 Å². The number of alkyl halides is 3. The van der Waals surface area contributed by atoms with E-state index in [1.54, 1.807) is 32.9 Å². The Balaban J connectivity index is 0.000000266. The average Bonchev–Trinajstić information content (AvgIpc) is 3.32. The average molecular weight is 1010 g/mol. The molecule has 0 unspecified atom stereocenters. The molecule has 4 heterocycles. The quantitative estimate of drug-likeness (QED) is 0.0790. The predicted octanol–water partition coefficient (Wildman–Crippen LogP) is 9.67. The highest BCUT2D eigenvalue weighted by Gasteiger charge is 2.55. The summed E-state index contributed by atoms with van der Waals surface area (Å²) in [7, 11) is -8.11. The van der Waals surface area contributed by atoms with E-state index in [1.165, 1.54) is 67.8 Å². The molecule has 19 heteroatoms. The monoisotopic (exact) mass is 1000 g/mol. The number of carboxylic acid groups (broad SMARTS) is 2. The van der Waals surface area contributed by atoms with Gasteiger partial charge in [0, 0.05) is 75.6 Å². The lowest BCUT2D eigenvalue weighted by molar-refractivity contribution is -0.192. The molecule has 2 saturated heterocycles. The standard InChI is InChI=1S/C26H35NO5S.C22H27NO5S.C2HF3O2/c1-5-6-7-8-20-9-11-21(12-10-20)23-14-13-22(19-27-23)33(29,30)26(15-17-31-18-16-26)24(28)32-25(2,3)4;1-2-3-4-5-17-6-8-18(9-7-17)20-11-10-19(16-23-20)29(26,27)22(21(24)25)12-14-28-15-13-22;3-2(4,5)1(6)7/h9-14,19H,5-8,15-18H2,1-4H3;6-11,16H,2-5,12-15H2,1H3,(H,24,25);(H,6,7). The maximum Gasteiger partial charge on any atom is 0.490 e. The third-order valence-electron chi connectivity index (χ3n) is 11.8. The van der Waals surface area contributed by atoms with Crippen LogP contribution in [-0.4, -0.2) is 103 Å². The van der Waals surface area contributed by atoms with E-state index in [9.17, 15) is 44.7 Å². The van der Waals surface area contributed by atoms with Crippen LogP contribution >= 0.6 is 0 Å². The summed E-state index contributed by atoms with van der Waals surface area (Å²) in [5.41, 5.74) is 4.92. The van der Waals surface area contributed by atoms with E-state index < -0.39 is 58.9 Å². The first-order valence-corrected chi connectivity index (χ1v) is 25.9. The minimum absolute atomic E-state index is 0.0233. The van der Waals surface area contributed by atoms with Crippen LogP contribution < -0.4 is 0 Å². The fourth-order valence-corrected chi connectivity index (χ4v) is 11.3. The summed E-state index contributed by atoms with van der Waals surface area (Å²) in [5.74, 6) is -4.81. The minimum atomic E-state index is -5.08. The molecule has 0 saturated carbocycles. The van der Waals surface area contributed by atoms with Crippen LogP contribution in [0.15, 0.2) is 95.0 Å². The largest absolute Gasteiger partial charge is 0.490 e. The van der Waals surface area contributed by atoms with Crippen LogP contribution in [0.5, 0.6) is 0 Å². The zero-order chi connectivity index (χ0) is 51.1. The highest BCUT2D eigenvalue weighted by molar-refractivity contribution is 7.94. The number of nitrogens with zero attached hydrogens (tertiary/aromatic N) is 2. The van der Waals surface area contributed by atoms with Crippen molar-refractivity contribution in [3.63, 3.8) is 0 Å². The lowest BCUT2D eigenvalue weighted by Crippen LogP contribution is -2.53. The van der Waals surface area contributed by atoms with Crippen molar-refractivity contribution >= 4 is 37.6 Å². The molecule has 0 amide bonds. The van der Waals surface area contributed by atoms with Gasteiger partial charge in [0.1, 0.15) is 5.60 Å². The van der Waals surface area contributed by atoms with Gasteiger partial charge in [-0.15, -0.1) is 0 Å². The first-order chi connectivity index (χ1) is 32.4. The summed E-state index contributed by atoms with van der Waals surface area (Å²) in [6.07, 6.45) is 6.76. The van der Waals surface area contributed by atoms with Crippen molar-refractivity contribution in [3.8, 4) is 22.5 Å². The molecule has 2 aliphatic rings. The molecule has 378 valence electrons. The number of rotatable bonds is 16. The fourth-order valence-electron chi connectivity index (χ4n) is 7.67. The minimum Gasteiger partial charge on any atom is -0.480 e. The molecule has 2 aliphatic heterocycles. The Hall–Kier alpha value is -5.24. The van der Waals surface area contributed by atoms with Crippen molar-refractivity contribution in [1.82, 2.24) is 9.97 Å². The number of hydrogen-bond donors (Lipinski definition) is 2. The molecule has 6 rings (SSSR count). The van der Waals surface area contributed by atoms with Gasteiger partial charge in [0.15, 0.2) is 29.2 Å².